The van der Waals surface area contributed by atoms with Gasteiger partial charge in [-0.15, -0.1) is 0 Å². The minimum absolute atomic E-state index is 0.0102. The maximum atomic E-state index is 5.95. The summed E-state index contributed by atoms with van der Waals surface area (Å²) in [5.41, 5.74) is 3.81. The Kier molecular flexibility index (Phi) is 5.85. The molecule has 6 heteroatoms. The third kappa shape index (κ3) is 4.50. The summed E-state index contributed by atoms with van der Waals surface area (Å²) >= 11 is 0. The molecular formula is C21H31N5O. The van der Waals surface area contributed by atoms with Crippen LogP contribution in [0, 0.1) is 6.92 Å². The molecule has 0 aliphatic carbocycles. The molecule has 0 amide bonds. The van der Waals surface area contributed by atoms with E-state index in [4.69, 9.17) is 4.74 Å². The van der Waals surface area contributed by atoms with E-state index in [1.54, 1.807) is 0 Å². The minimum Gasteiger partial charge on any atom is -0.370 e. The topological polar surface area (TPSA) is 54.7 Å². The van der Waals surface area contributed by atoms with E-state index in [1.807, 2.05) is 31.2 Å². The number of aliphatic imine (C=N–C) groups is 1. The van der Waals surface area contributed by atoms with Gasteiger partial charge in [0.05, 0.1) is 19.3 Å². The van der Waals surface area contributed by atoms with Crippen molar-refractivity contribution in [2.75, 3.05) is 33.3 Å². The Hall–Kier alpha value is -2.34. The van der Waals surface area contributed by atoms with Crippen molar-refractivity contribution < 1.29 is 4.74 Å². The highest BCUT2D eigenvalue weighted by molar-refractivity contribution is 5.80. The molecule has 0 spiro atoms. The van der Waals surface area contributed by atoms with Crippen molar-refractivity contribution in [2.24, 2.45) is 12.0 Å². The van der Waals surface area contributed by atoms with Gasteiger partial charge in [0, 0.05) is 44.4 Å². The summed E-state index contributed by atoms with van der Waals surface area (Å²) in [6, 6.07) is 8.59. The quantitative estimate of drug-likeness (QED) is 0.665. The molecule has 1 fully saturated rings. The summed E-state index contributed by atoms with van der Waals surface area (Å²) in [6.07, 6.45) is 3.92. The zero-order valence-electron chi connectivity index (χ0n) is 17.1. The molecule has 1 aromatic heterocycles. The average Bonchev–Trinajstić information content (AvgIpc) is 3.09. The highest BCUT2D eigenvalue weighted by atomic mass is 16.5. The highest BCUT2D eigenvalue weighted by Gasteiger charge is 2.27. The molecule has 1 aliphatic rings. The van der Waals surface area contributed by atoms with E-state index >= 15 is 0 Å². The Labute approximate surface area is 162 Å². The molecule has 1 aromatic carbocycles. The van der Waals surface area contributed by atoms with Gasteiger partial charge in [0.15, 0.2) is 5.96 Å². The fourth-order valence-electron chi connectivity index (χ4n) is 3.71. The van der Waals surface area contributed by atoms with Gasteiger partial charge in [-0.1, -0.05) is 38.1 Å². The maximum Gasteiger partial charge on any atom is 0.193 e. The number of guanidine groups is 1. The van der Waals surface area contributed by atoms with Crippen LogP contribution in [0.25, 0.3) is 0 Å². The third-order valence-electron chi connectivity index (χ3n) is 5.24. The predicted octanol–water partition coefficient (Wildman–Crippen LogP) is 2.66. The van der Waals surface area contributed by atoms with Gasteiger partial charge in [-0.05, 0) is 18.1 Å². The van der Waals surface area contributed by atoms with Crippen molar-refractivity contribution in [3.63, 3.8) is 0 Å². The van der Waals surface area contributed by atoms with Crippen LogP contribution in [-0.4, -0.2) is 53.9 Å². The van der Waals surface area contributed by atoms with Gasteiger partial charge in [-0.25, -0.2) is 0 Å². The first-order valence-corrected chi connectivity index (χ1v) is 9.52. The van der Waals surface area contributed by atoms with E-state index in [9.17, 15) is 0 Å². The summed E-state index contributed by atoms with van der Waals surface area (Å²) in [5.74, 6) is 0.925. The number of aryl methyl sites for hydroxylation is 2. The monoisotopic (exact) mass is 369 g/mol. The van der Waals surface area contributed by atoms with Crippen LogP contribution >= 0.6 is 0 Å². The van der Waals surface area contributed by atoms with Gasteiger partial charge in [-0.3, -0.25) is 9.67 Å². The van der Waals surface area contributed by atoms with Crippen molar-refractivity contribution in [1.82, 2.24) is 20.0 Å². The van der Waals surface area contributed by atoms with Gasteiger partial charge in [0.25, 0.3) is 0 Å². The number of benzene rings is 1. The van der Waals surface area contributed by atoms with Crippen LogP contribution in [0.2, 0.25) is 0 Å². The zero-order valence-corrected chi connectivity index (χ0v) is 17.1. The standard InChI is InChI=1S/C21H31N5O/c1-16-8-6-7-9-18(16)21(2,3)15-23-20(22-4)26-10-11-27-19(14-26)17-12-24-25(5)13-17/h6-9,12-13,19H,10-11,14-15H2,1-5H3,(H,22,23). The van der Waals surface area contributed by atoms with Crippen molar-refractivity contribution in [3.8, 4) is 0 Å². The van der Waals surface area contributed by atoms with Gasteiger partial charge in [-0.2, -0.15) is 5.10 Å². The average molecular weight is 370 g/mol. The van der Waals surface area contributed by atoms with Gasteiger partial charge < -0.3 is 15.0 Å². The molecule has 2 aromatic rings. The molecule has 2 heterocycles. The first-order valence-electron chi connectivity index (χ1n) is 9.52. The molecule has 27 heavy (non-hydrogen) atoms. The van der Waals surface area contributed by atoms with E-state index in [1.165, 1.54) is 11.1 Å². The lowest BCUT2D eigenvalue weighted by Gasteiger charge is -2.36. The van der Waals surface area contributed by atoms with E-state index in [0.717, 1.165) is 31.2 Å². The zero-order chi connectivity index (χ0) is 19.4. The molecular weight excluding hydrogens is 338 g/mol. The second-order valence-corrected chi connectivity index (χ2v) is 7.85. The van der Waals surface area contributed by atoms with Gasteiger partial charge in [0.2, 0.25) is 0 Å². The molecule has 1 atom stereocenters. The van der Waals surface area contributed by atoms with E-state index in [0.29, 0.717) is 6.61 Å². The number of nitrogens with one attached hydrogen (secondary N) is 1. The Morgan fingerprint density at radius 1 is 1.37 bits per heavy atom. The van der Waals surface area contributed by atoms with Gasteiger partial charge >= 0.3 is 0 Å². The minimum atomic E-state index is 0.0102. The predicted molar refractivity (Wildman–Crippen MR) is 109 cm³/mol. The fourth-order valence-corrected chi connectivity index (χ4v) is 3.71. The summed E-state index contributed by atoms with van der Waals surface area (Å²) in [6.45, 7) is 9.82. The number of aromatic nitrogens is 2. The second-order valence-electron chi connectivity index (χ2n) is 7.85. The molecule has 3 rings (SSSR count). The van der Waals surface area contributed by atoms with E-state index in [-0.39, 0.29) is 11.5 Å². The normalized spacial score (nSPS) is 18.6. The number of ether oxygens (including phenoxy) is 1. The summed E-state index contributed by atoms with van der Waals surface area (Å²) in [4.78, 5) is 6.79. The Morgan fingerprint density at radius 2 is 2.15 bits per heavy atom. The molecule has 1 aliphatic heterocycles. The van der Waals surface area contributed by atoms with Crippen LogP contribution < -0.4 is 5.32 Å². The van der Waals surface area contributed by atoms with E-state index < -0.39 is 0 Å². The Balaban J connectivity index is 1.66. The van der Waals surface area contributed by atoms with Crippen molar-refractivity contribution >= 4 is 5.96 Å². The van der Waals surface area contributed by atoms with Crippen LogP contribution in [0.15, 0.2) is 41.7 Å². The van der Waals surface area contributed by atoms with Crippen LogP contribution in [0.3, 0.4) is 0 Å². The first kappa shape index (κ1) is 19.4. The largest absolute Gasteiger partial charge is 0.370 e. The number of hydrogen-bond donors (Lipinski definition) is 1. The molecule has 146 valence electrons. The molecule has 1 unspecified atom stereocenters. The molecule has 0 saturated carbocycles. The number of morpholine rings is 1. The Morgan fingerprint density at radius 3 is 2.81 bits per heavy atom. The summed E-state index contributed by atoms with van der Waals surface area (Å²) in [5, 5.41) is 7.85. The molecule has 0 bridgehead atoms. The summed E-state index contributed by atoms with van der Waals surface area (Å²) < 4.78 is 7.77. The molecule has 6 nitrogen and oxygen atoms in total. The third-order valence-corrected chi connectivity index (χ3v) is 5.24. The lowest BCUT2D eigenvalue weighted by molar-refractivity contribution is -0.00808. The summed E-state index contributed by atoms with van der Waals surface area (Å²) in [7, 11) is 3.77. The first-order chi connectivity index (χ1) is 12.9. The van der Waals surface area contributed by atoms with E-state index in [2.05, 4.69) is 65.3 Å². The van der Waals surface area contributed by atoms with Gasteiger partial charge in [0.1, 0.15) is 6.10 Å². The van der Waals surface area contributed by atoms with Crippen LogP contribution in [0.1, 0.15) is 36.6 Å². The molecule has 1 saturated heterocycles. The Bertz CT molecular complexity index is 795. The SMILES string of the molecule is CN=C(NCC(C)(C)c1ccccc1C)N1CCOC(c2cnn(C)c2)C1. The lowest BCUT2D eigenvalue weighted by Crippen LogP contribution is -2.50. The smallest absolute Gasteiger partial charge is 0.193 e. The molecule has 0 radical (unpaired) electrons. The van der Waals surface area contributed by atoms with Crippen LogP contribution in [-0.2, 0) is 17.2 Å². The number of rotatable bonds is 4. The lowest BCUT2D eigenvalue weighted by atomic mass is 9.82. The van der Waals surface area contributed by atoms with Crippen LogP contribution in [0.4, 0.5) is 0 Å². The van der Waals surface area contributed by atoms with Crippen LogP contribution in [0.5, 0.6) is 0 Å². The number of nitrogens with zero attached hydrogens (tertiary/aromatic N) is 4. The van der Waals surface area contributed by atoms with Crippen molar-refractivity contribution in [3.05, 3.63) is 53.3 Å². The maximum absolute atomic E-state index is 5.95. The number of hydrogen-bond acceptors (Lipinski definition) is 3. The van der Waals surface area contributed by atoms with Crippen molar-refractivity contribution in [2.45, 2.75) is 32.3 Å². The second kappa shape index (κ2) is 8.13. The highest BCUT2D eigenvalue weighted by Crippen LogP contribution is 2.26. The fraction of sp³-hybridized carbons (Fsp3) is 0.524. The molecule has 1 N–H and O–H groups in total. The van der Waals surface area contributed by atoms with Crippen molar-refractivity contribution in [1.29, 1.82) is 0 Å².